The molecule has 6 nitrogen and oxygen atoms in total. The van der Waals surface area contributed by atoms with Gasteiger partial charge in [0.15, 0.2) is 0 Å². The molecule has 3 rings (SSSR count). The Balaban J connectivity index is 0.00000176. The molecule has 0 N–H and O–H groups in total. The van der Waals surface area contributed by atoms with Gasteiger partial charge in [-0.2, -0.15) is 0 Å². The number of hydrogen-bond donors (Lipinski definition) is 0. The monoisotopic (exact) mass is 328 g/mol. The quantitative estimate of drug-likeness (QED) is 0.445. The van der Waals surface area contributed by atoms with Gasteiger partial charge in [0.2, 0.25) is 0 Å². The second-order valence-corrected chi connectivity index (χ2v) is 5.07. The fourth-order valence-electron chi connectivity index (χ4n) is 2.53. The van der Waals surface area contributed by atoms with Crippen LogP contribution in [-0.2, 0) is 14.3 Å². The second kappa shape index (κ2) is 7.89. The Kier molecular flexibility index (Phi) is 6.42. The van der Waals surface area contributed by atoms with Gasteiger partial charge in [0.1, 0.15) is 6.61 Å². The minimum absolute atomic E-state index is 0. The number of morpholine rings is 1. The molecule has 22 heavy (non-hydrogen) atoms. The maximum Gasteiger partial charge on any atom is 1.00 e. The minimum Gasteiger partial charge on any atom is -0.477 e. The molecule has 0 bridgehead atoms. The van der Waals surface area contributed by atoms with E-state index in [1.54, 1.807) is 9.80 Å². The SMILES string of the molecule is [CH2-]C1CN(C2=CC=C(N3CCOCC3=O)C=CC2)C(=O)O1.[K+]. The minimum atomic E-state index is -0.367. The number of rotatable bonds is 2. The molecule has 2 heterocycles. The van der Waals surface area contributed by atoms with E-state index in [0.29, 0.717) is 26.1 Å². The summed E-state index contributed by atoms with van der Waals surface area (Å²) in [5.41, 5.74) is 1.66. The van der Waals surface area contributed by atoms with E-state index < -0.39 is 0 Å². The van der Waals surface area contributed by atoms with Crippen LogP contribution in [0.2, 0.25) is 0 Å². The zero-order valence-electron chi connectivity index (χ0n) is 12.7. The molecule has 0 spiro atoms. The van der Waals surface area contributed by atoms with Crippen LogP contribution in [0.5, 0.6) is 0 Å². The number of carbonyl (C=O) groups excluding carboxylic acids is 2. The zero-order chi connectivity index (χ0) is 14.8. The molecule has 0 saturated carbocycles. The number of hydrogen-bond acceptors (Lipinski definition) is 4. The molecule has 0 radical (unpaired) electrons. The van der Waals surface area contributed by atoms with Crippen LogP contribution in [0.4, 0.5) is 4.79 Å². The van der Waals surface area contributed by atoms with Gasteiger partial charge in [-0.05, 0) is 24.3 Å². The molecule has 0 aromatic carbocycles. The first kappa shape index (κ1) is 17.9. The summed E-state index contributed by atoms with van der Waals surface area (Å²) < 4.78 is 10.2. The number of amides is 2. The first-order valence-corrected chi connectivity index (χ1v) is 6.92. The van der Waals surface area contributed by atoms with E-state index in [0.717, 1.165) is 11.4 Å². The molecule has 0 aromatic heterocycles. The molecule has 2 saturated heterocycles. The number of cyclic esters (lactones) is 1. The predicted molar refractivity (Wildman–Crippen MR) is 74.8 cm³/mol. The maximum absolute atomic E-state index is 11.9. The van der Waals surface area contributed by atoms with Crippen molar-refractivity contribution in [2.24, 2.45) is 0 Å². The molecule has 2 fully saturated rings. The predicted octanol–water partition coefficient (Wildman–Crippen LogP) is -1.77. The average molecular weight is 328 g/mol. The third kappa shape index (κ3) is 3.90. The molecule has 112 valence electrons. The van der Waals surface area contributed by atoms with Crippen LogP contribution in [0.1, 0.15) is 6.42 Å². The van der Waals surface area contributed by atoms with Gasteiger partial charge in [-0.15, -0.1) is 0 Å². The van der Waals surface area contributed by atoms with E-state index in [-0.39, 0.29) is 76.1 Å². The Morgan fingerprint density at radius 2 is 2.05 bits per heavy atom. The van der Waals surface area contributed by atoms with Crippen LogP contribution in [0.25, 0.3) is 0 Å². The van der Waals surface area contributed by atoms with Gasteiger partial charge in [-0.25, -0.2) is 4.79 Å². The Labute approximate surface area is 172 Å². The summed E-state index contributed by atoms with van der Waals surface area (Å²) >= 11 is 0. The topological polar surface area (TPSA) is 59.1 Å². The molecular formula is C15H17KN2O4. The molecular weight excluding hydrogens is 311 g/mol. The van der Waals surface area contributed by atoms with Crippen LogP contribution in [0.15, 0.2) is 35.7 Å². The van der Waals surface area contributed by atoms with E-state index in [9.17, 15) is 9.59 Å². The van der Waals surface area contributed by atoms with E-state index in [2.05, 4.69) is 6.92 Å². The largest absolute Gasteiger partial charge is 1.00 e. The van der Waals surface area contributed by atoms with Gasteiger partial charge >= 0.3 is 57.5 Å². The zero-order valence-corrected chi connectivity index (χ0v) is 15.8. The van der Waals surface area contributed by atoms with E-state index >= 15 is 0 Å². The van der Waals surface area contributed by atoms with Crippen molar-refractivity contribution in [1.82, 2.24) is 9.80 Å². The van der Waals surface area contributed by atoms with Crippen molar-refractivity contribution >= 4 is 12.0 Å². The number of nitrogens with zero attached hydrogens (tertiary/aromatic N) is 2. The first-order valence-electron chi connectivity index (χ1n) is 6.92. The van der Waals surface area contributed by atoms with Gasteiger partial charge in [-0.1, -0.05) is 6.08 Å². The fraction of sp³-hybridized carbons (Fsp3) is 0.400. The van der Waals surface area contributed by atoms with Crippen LogP contribution >= 0.6 is 0 Å². The Morgan fingerprint density at radius 3 is 2.73 bits per heavy atom. The molecule has 3 aliphatic rings. The van der Waals surface area contributed by atoms with E-state index in [4.69, 9.17) is 9.47 Å². The summed E-state index contributed by atoms with van der Waals surface area (Å²) in [6.07, 6.45) is 7.46. The molecule has 7 heteroatoms. The molecule has 0 aromatic rings. The second-order valence-electron chi connectivity index (χ2n) is 5.07. The third-order valence-corrected chi connectivity index (χ3v) is 3.58. The Morgan fingerprint density at radius 1 is 1.23 bits per heavy atom. The first-order chi connectivity index (χ1) is 10.1. The summed E-state index contributed by atoms with van der Waals surface area (Å²) in [6, 6.07) is 0. The van der Waals surface area contributed by atoms with Crippen LogP contribution in [0.3, 0.4) is 0 Å². The summed E-state index contributed by atoms with van der Waals surface area (Å²) in [7, 11) is 0. The van der Waals surface area contributed by atoms with Crippen LogP contribution in [0, 0.1) is 6.92 Å². The Hall–Kier alpha value is -0.444. The van der Waals surface area contributed by atoms with E-state index in [1.807, 2.05) is 24.3 Å². The number of carbonyl (C=O) groups is 2. The molecule has 1 unspecified atom stereocenters. The van der Waals surface area contributed by atoms with E-state index in [1.165, 1.54) is 0 Å². The summed E-state index contributed by atoms with van der Waals surface area (Å²) in [6.45, 7) is 5.40. The summed E-state index contributed by atoms with van der Waals surface area (Å²) in [4.78, 5) is 26.9. The normalized spacial score (nSPS) is 25.2. The smallest absolute Gasteiger partial charge is 0.477 e. The maximum atomic E-state index is 11.9. The van der Waals surface area contributed by atoms with Crippen LogP contribution < -0.4 is 51.4 Å². The summed E-state index contributed by atoms with van der Waals surface area (Å²) in [5.74, 6) is -0.0487. The van der Waals surface area contributed by atoms with Crippen molar-refractivity contribution in [3.05, 3.63) is 42.6 Å². The van der Waals surface area contributed by atoms with Crippen molar-refractivity contribution in [2.45, 2.75) is 12.5 Å². The summed E-state index contributed by atoms with van der Waals surface area (Å²) in [5, 5.41) is 0. The molecule has 1 atom stereocenters. The standard InChI is InChI=1S/C15H17N2O4.K/c1-11-9-17(15(19)21-11)13-4-2-3-12(5-6-13)16-7-8-20-10-14(16)18;/h2-3,5-6,11H,1,4,7-10H2;/q-1;+1. The molecule has 2 aliphatic heterocycles. The van der Waals surface area contributed by atoms with Gasteiger partial charge in [0.05, 0.1) is 6.61 Å². The molecule has 1 aliphatic carbocycles. The Bertz CT molecular complexity index is 556. The number of ether oxygens (including phenoxy) is 2. The molecule has 2 amide bonds. The van der Waals surface area contributed by atoms with Gasteiger partial charge in [0, 0.05) is 30.9 Å². The van der Waals surface area contributed by atoms with Crippen molar-refractivity contribution in [2.75, 3.05) is 26.3 Å². The van der Waals surface area contributed by atoms with Crippen LogP contribution in [-0.4, -0.2) is 54.2 Å². The van der Waals surface area contributed by atoms with Crippen molar-refractivity contribution in [3.8, 4) is 0 Å². The van der Waals surface area contributed by atoms with Crippen molar-refractivity contribution in [1.29, 1.82) is 0 Å². The van der Waals surface area contributed by atoms with Gasteiger partial charge in [0.25, 0.3) is 5.91 Å². The number of allylic oxidation sites excluding steroid dienone is 4. The van der Waals surface area contributed by atoms with Gasteiger partial charge < -0.3 is 21.3 Å². The van der Waals surface area contributed by atoms with Crippen molar-refractivity contribution in [3.63, 3.8) is 0 Å². The van der Waals surface area contributed by atoms with Gasteiger partial charge in [-0.3, -0.25) is 9.69 Å². The average Bonchev–Trinajstić information content (AvgIpc) is 2.67. The fourth-order valence-corrected chi connectivity index (χ4v) is 2.53. The third-order valence-electron chi connectivity index (χ3n) is 3.58. The van der Waals surface area contributed by atoms with Crippen molar-refractivity contribution < 1.29 is 70.4 Å².